The average molecular weight is 452 g/mol. The largest absolute Gasteiger partial charge is 0.493 e. The summed E-state index contributed by atoms with van der Waals surface area (Å²) in [6.07, 6.45) is 3.88. The first-order chi connectivity index (χ1) is 13.0. The lowest BCUT2D eigenvalue weighted by molar-refractivity contribution is -0.111. The fourth-order valence-corrected chi connectivity index (χ4v) is 3.69. The van der Waals surface area contributed by atoms with Crippen molar-refractivity contribution in [1.29, 1.82) is 0 Å². The van der Waals surface area contributed by atoms with Crippen molar-refractivity contribution in [2.24, 2.45) is 0 Å². The Morgan fingerprint density at radius 2 is 1.96 bits per heavy atom. The average Bonchev–Trinajstić information content (AvgIpc) is 3.05. The van der Waals surface area contributed by atoms with E-state index in [9.17, 15) is 9.59 Å². The van der Waals surface area contributed by atoms with Crippen LogP contribution in [-0.4, -0.2) is 25.1 Å². The molecule has 0 unspecified atom stereocenters. The molecule has 2 aromatic rings. The first-order valence-electron chi connectivity index (χ1n) is 8.69. The highest BCUT2D eigenvalue weighted by molar-refractivity contribution is 9.10. The minimum absolute atomic E-state index is 0.284. The van der Waals surface area contributed by atoms with Crippen LogP contribution in [-0.2, 0) is 16.0 Å². The van der Waals surface area contributed by atoms with Crippen LogP contribution in [0.25, 0.3) is 6.08 Å². The summed E-state index contributed by atoms with van der Waals surface area (Å²) in [5.41, 5.74) is 1.17. The van der Waals surface area contributed by atoms with E-state index in [1.807, 2.05) is 32.0 Å². The van der Waals surface area contributed by atoms with Gasteiger partial charge in [0.2, 0.25) is 5.91 Å². The van der Waals surface area contributed by atoms with Gasteiger partial charge in [0.1, 0.15) is 10.8 Å². The molecule has 5 nitrogen and oxygen atoms in total. The smallest absolute Gasteiger partial charge is 0.341 e. The molecule has 2 rings (SSSR count). The highest BCUT2D eigenvalue weighted by Gasteiger charge is 2.18. The van der Waals surface area contributed by atoms with Gasteiger partial charge in [-0.1, -0.05) is 22.9 Å². The molecule has 1 amide bonds. The third-order valence-electron chi connectivity index (χ3n) is 3.55. The number of benzene rings is 1. The predicted molar refractivity (Wildman–Crippen MR) is 113 cm³/mol. The lowest BCUT2D eigenvalue weighted by Crippen LogP contribution is -2.11. The van der Waals surface area contributed by atoms with Crippen molar-refractivity contribution >= 4 is 50.2 Å². The van der Waals surface area contributed by atoms with Crippen LogP contribution in [0.2, 0.25) is 0 Å². The summed E-state index contributed by atoms with van der Waals surface area (Å²) in [5, 5.41) is 3.28. The van der Waals surface area contributed by atoms with Crippen LogP contribution in [0.15, 0.2) is 34.8 Å². The monoisotopic (exact) mass is 451 g/mol. The van der Waals surface area contributed by atoms with E-state index in [0.29, 0.717) is 22.9 Å². The van der Waals surface area contributed by atoms with Crippen LogP contribution in [0.3, 0.4) is 0 Å². The molecule has 0 spiro atoms. The number of esters is 1. The number of ether oxygens (including phenoxy) is 2. The van der Waals surface area contributed by atoms with Crippen molar-refractivity contribution in [1.82, 2.24) is 0 Å². The Morgan fingerprint density at radius 3 is 2.63 bits per heavy atom. The van der Waals surface area contributed by atoms with Crippen LogP contribution in [0.4, 0.5) is 5.00 Å². The van der Waals surface area contributed by atoms with Gasteiger partial charge in [0.25, 0.3) is 0 Å². The first kappa shape index (κ1) is 21.2. The zero-order chi connectivity index (χ0) is 19.8. The van der Waals surface area contributed by atoms with Gasteiger partial charge in [0.05, 0.1) is 18.8 Å². The van der Waals surface area contributed by atoms with Crippen molar-refractivity contribution in [3.63, 3.8) is 0 Å². The topological polar surface area (TPSA) is 64.6 Å². The number of amides is 1. The van der Waals surface area contributed by atoms with Gasteiger partial charge in [-0.05, 0) is 50.6 Å². The van der Waals surface area contributed by atoms with Gasteiger partial charge in [-0.3, -0.25) is 4.79 Å². The molecule has 0 aliphatic carbocycles. The van der Waals surface area contributed by atoms with Crippen molar-refractivity contribution in [2.75, 3.05) is 18.5 Å². The Labute approximate surface area is 171 Å². The van der Waals surface area contributed by atoms with E-state index in [4.69, 9.17) is 9.47 Å². The third kappa shape index (κ3) is 5.94. The van der Waals surface area contributed by atoms with Gasteiger partial charge < -0.3 is 14.8 Å². The second-order valence-electron chi connectivity index (χ2n) is 5.47. The summed E-state index contributed by atoms with van der Waals surface area (Å²) in [4.78, 5) is 25.5. The van der Waals surface area contributed by atoms with E-state index in [2.05, 4.69) is 21.2 Å². The molecule has 0 atom stereocenters. The maximum Gasteiger partial charge on any atom is 0.341 e. The van der Waals surface area contributed by atoms with Crippen LogP contribution in [0.1, 0.15) is 41.6 Å². The van der Waals surface area contributed by atoms with E-state index < -0.39 is 5.97 Å². The molecule has 0 saturated carbocycles. The summed E-state index contributed by atoms with van der Waals surface area (Å²) in [6.45, 7) is 6.47. The highest BCUT2D eigenvalue weighted by atomic mass is 79.9. The highest BCUT2D eigenvalue weighted by Crippen LogP contribution is 2.30. The first-order valence-corrected chi connectivity index (χ1v) is 10.3. The molecule has 1 aromatic heterocycles. The molecule has 144 valence electrons. The molecule has 27 heavy (non-hydrogen) atoms. The molecular formula is C20H22BrNO4S. The van der Waals surface area contributed by atoms with Gasteiger partial charge >= 0.3 is 5.97 Å². The quantitative estimate of drug-likeness (QED) is 0.436. The van der Waals surface area contributed by atoms with Crippen LogP contribution < -0.4 is 10.1 Å². The second kappa shape index (κ2) is 10.3. The standard InChI is InChI=1S/C20H22BrNO4S/c1-4-15-12-16(20(24)26-6-3)19(27-15)22-18(23)10-7-13-11-14(21)8-9-17(13)25-5-2/h7-12H,4-6H2,1-3H3,(H,22,23)/b10-7+. The maximum atomic E-state index is 12.4. The lowest BCUT2D eigenvalue weighted by atomic mass is 10.2. The number of thiophene rings is 1. The number of hydrogen-bond donors (Lipinski definition) is 1. The van der Waals surface area contributed by atoms with Crippen molar-refractivity contribution < 1.29 is 19.1 Å². The number of carbonyl (C=O) groups excluding carboxylic acids is 2. The molecule has 7 heteroatoms. The number of aryl methyl sites for hydroxylation is 1. The van der Waals surface area contributed by atoms with E-state index in [1.54, 1.807) is 19.1 Å². The van der Waals surface area contributed by atoms with Crippen molar-refractivity contribution in [3.8, 4) is 5.75 Å². The van der Waals surface area contributed by atoms with Gasteiger partial charge in [-0.2, -0.15) is 0 Å². The Kier molecular flexibility index (Phi) is 8.06. The van der Waals surface area contributed by atoms with E-state index >= 15 is 0 Å². The van der Waals surface area contributed by atoms with E-state index in [0.717, 1.165) is 21.3 Å². The van der Waals surface area contributed by atoms with Crippen LogP contribution in [0, 0.1) is 0 Å². The molecule has 1 heterocycles. The van der Waals surface area contributed by atoms with Gasteiger partial charge in [0.15, 0.2) is 0 Å². The number of halogens is 1. The molecular weight excluding hydrogens is 430 g/mol. The normalized spacial score (nSPS) is 10.8. The number of anilines is 1. The molecule has 0 saturated heterocycles. The fraction of sp³-hybridized carbons (Fsp3) is 0.300. The van der Waals surface area contributed by atoms with Gasteiger partial charge in [-0.25, -0.2) is 4.79 Å². The van der Waals surface area contributed by atoms with Crippen molar-refractivity contribution in [3.05, 3.63) is 50.8 Å². The summed E-state index contributed by atoms with van der Waals surface area (Å²) < 4.78 is 11.5. The maximum absolute atomic E-state index is 12.4. The minimum atomic E-state index is -0.432. The second-order valence-corrected chi connectivity index (χ2v) is 7.52. The number of carbonyl (C=O) groups is 2. The minimum Gasteiger partial charge on any atom is -0.493 e. The SMILES string of the molecule is CCOC(=O)c1cc(CC)sc1NC(=O)/C=C/c1cc(Br)ccc1OCC. The Bertz CT molecular complexity index is 845. The van der Waals surface area contributed by atoms with Crippen molar-refractivity contribution in [2.45, 2.75) is 27.2 Å². The number of nitrogens with one attached hydrogen (secondary N) is 1. The molecule has 0 aliphatic heterocycles. The Balaban J connectivity index is 2.19. The van der Waals surface area contributed by atoms with Crippen LogP contribution >= 0.6 is 27.3 Å². The fourth-order valence-electron chi connectivity index (χ4n) is 2.33. The molecule has 1 aromatic carbocycles. The zero-order valence-corrected chi connectivity index (χ0v) is 17.9. The predicted octanol–water partition coefficient (Wildman–Crippen LogP) is 5.30. The molecule has 1 N–H and O–H groups in total. The number of rotatable bonds is 8. The molecule has 0 bridgehead atoms. The number of hydrogen-bond acceptors (Lipinski definition) is 5. The zero-order valence-electron chi connectivity index (χ0n) is 15.5. The lowest BCUT2D eigenvalue weighted by Gasteiger charge is -2.07. The Hall–Kier alpha value is -2.12. The van der Waals surface area contributed by atoms with E-state index in [-0.39, 0.29) is 12.5 Å². The summed E-state index contributed by atoms with van der Waals surface area (Å²) >= 11 is 4.80. The summed E-state index contributed by atoms with van der Waals surface area (Å²) in [7, 11) is 0. The molecule has 0 fully saturated rings. The van der Waals surface area contributed by atoms with E-state index in [1.165, 1.54) is 17.4 Å². The third-order valence-corrected chi connectivity index (χ3v) is 5.24. The van der Waals surface area contributed by atoms with Gasteiger partial charge in [0, 0.05) is 21.0 Å². The van der Waals surface area contributed by atoms with Gasteiger partial charge in [-0.15, -0.1) is 11.3 Å². The molecule has 0 aliphatic rings. The summed E-state index contributed by atoms with van der Waals surface area (Å²) in [5.74, 6) is -0.0628. The summed E-state index contributed by atoms with van der Waals surface area (Å²) in [6, 6.07) is 7.37. The molecule has 0 radical (unpaired) electrons. The van der Waals surface area contributed by atoms with Crippen LogP contribution in [0.5, 0.6) is 5.75 Å². The Morgan fingerprint density at radius 1 is 1.19 bits per heavy atom.